The van der Waals surface area contributed by atoms with Crippen molar-refractivity contribution >= 4 is 33.4 Å². The van der Waals surface area contributed by atoms with E-state index >= 15 is 0 Å². The van der Waals surface area contributed by atoms with E-state index in [0.717, 1.165) is 39.0 Å². The molecule has 5 aromatic rings. The highest BCUT2D eigenvalue weighted by atomic mass is 35.5. The summed E-state index contributed by atoms with van der Waals surface area (Å²) >= 11 is 6.33. The van der Waals surface area contributed by atoms with Gasteiger partial charge in [0.1, 0.15) is 0 Å². The van der Waals surface area contributed by atoms with Gasteiger partial charge in [0, 0.05) is 27.5 Å². The summed E-state index contributed by atoms with van der Waals surface area (Å²) in [5.41, 5.74) is 3.17. The molecule has 0 amide bonds. The monoisotopic (exact) mass is 383 g/mol. The van der Waals surface area contributed by atoms with Gasteiger partial charge in [-0.25, -0.2) is 0 Å². The highest BCUT2D eigenvalue weighted by molar-refractivity contribution is 6.31. The van der Waals surface area contributed by atoms with Crippen LogP contribution in [0.25, 0.3) is 27.5 Å². The van der Waals surface area contributed by atoms with Crippen molar-refractivity contribution < 1.29 is 9.47 Å². The van der Waals surface area contributed by atoms with E-state index in [1.165, 1.54) is 0 Å². The number of benzene rings is 4. The van der Waals surface area contributed by atoms with Crippen LogP contribution in [0.3, 0.4) is 0 Å². The summed E-state index contributed by atoms with van der Waals surface area (Å²) in [7, 11) is 0. The Morgan fingerprint density at radius 2 is 1.21 bits per heavy atom. The summed E-state index contributed by atoms with van der Waals surface area (Å²) in [6.07, 6.45) is 0. The lowest BCUT2D eigenvalue weighted by molar-refractivity contribution is 0.360. The van der Waals surface area contributed by atoms with Crippen LogP contribution < -0.4 is 9.47 Å². The molecule has 0 saturated heterocycles. The summed E-state index contributed by atoms with van der Waals surface area (Å²) in [5, 5.41) is 2.92. The zero-order chi connectivity index (χ0) is 18.7. The molecule has 1 aliphatic heterocycles. The fourth-order valence-corrected chi connectivity index (χ4v) is 4.03. The van der Waals surface area contributed by atoms with Crippen LogP contribution in [0.1, 0.15) is 0 Å². The second kappa shape index (κ2) is 5.78. The number of para-hydroxylation sites is 3. The van der Waals surface area contributed by atoms with Crippen molar-refractivity contribution in [1.29, 1.82) is 0 Å². The van der Waals surface area contributed by atoms with Gasteiger partial charge >= 0.3 is 0 Å². The van der Waals surface area contributed by atoms with E-state index in [2.05, 4.69) is 28.8 Å². The number of ether oxygens (including phenoxy) is 2. The van der Waals surface area contributed by atoms with Crippen molar-refractivity contribution in [2.24, 2.45) is 0 Å². The van der Waals surface area contributed by atoms with Crippen LogP contribution >= 0.6 is 11.6 Å². The quantitative estimate of drug-likeness (QED) is 0.296. The van der Waals surface area contributed by atoms with Gasteiger partial charge in [-0.2, -0.15) is 0 Å². The van der Waals surface area contributed by atoms with E-state index in [0.29, 0.717) is 16.5 Å². The molecular formula is C24H14ClNO2. The number of fused-ring (bicyclic) bond motifs is 5. The minimum Gasteiger partial charge on any atom is -0.449 e. The molecular weight excluding hydrogens is 370 g/mol. The summed E-state index contributed by atoms with van der Waals surface area (Å²) in [5.74, 6) is 2.87. The van der Waals surface area contributed by atoms with Crippen molar-refractivity contribution in [3.8, 4) is 28.7 Å². The lowest BCUT2D eigenvalue weighted by atomic mass is 10.1. The molecule has 4 aromatic carbocycles. The molecule has 2 heterocycles. The maximum Gasteiger partial charge on any atom is 0.172 e. The molecule has 1 aromatic heterocycles. The standard InChI is InChI=1S/C24H14ClNO2/c25-15-10-11-17-18-13-23-24(28-22-9-5-4-8-21(22)27-23)14-20(18)26(19(17)12-15)16-6-2-1-3-7-16/h1-14H. The maximum atomic E-state index is 6.33. The lowest BCUT2D eigenvalue weighted by Gasteiger charge is -2.20. The number of nitrogens with zero attached hydrogens (tertiary/aromatic N) is 1. The van der Waals surface area contributed by atoms with E-state index < -0.39 is 0 Å². The molecule has 0 bridgehead atoms. The largest absolute Gasteiger partial charge is 0.449 e. The number of hydrogen-bond acceptors (Lipinski definition) is 2. The molecule has 1 aliphatic rings. The Labute approximate surface area is 166 Å². The van der Waals surface area contributed by atoms with Crippen molar-refractivity contribution in [3.05, 3.63) is 90.0 Å². The molecule has 4 heteroatoms. The lowest BCUT2D eigenvalue weighted by Crippen LogP contribution is -1.99. The molecule has 134 valence electrons. The highest BCUT2D eigenvalue weighted by Gasteiger charge is 2.22. The molecule has 0 atom stereocenters. The Bertz CT molecular complexity index is 1370. The van der Waals surface area contributed by atoms with Crippen LogP contribution in [0.2, 0.25) is 5.02 Å². The smallest absolute Gasteiger partial charge is 0.172 e. The topological polar surface area (TPSA) is 23.4 Å². The van der Waals surface area contributed by atoms with Gasteiger partial charge < -0.3 is 14.0 Å². The summed E-state index contributed by atoms with van der Waals surface area (Å²) in [6, 6.07) is 28.0. The van der Waals surface area contributed by atoms with E-state index in [1.54, 1.807) is 0 Å². The Hall–Kier alpha value is -3.43. The van der Waals surface area contributed by atoms with Crippen LogP contribution in [0, 0.1) is 0 Å². The minimum absolute atomic E-state index is 0.706. The van der Waals surface area contributed by atoms with Gasteiger partial charge in [0.25, 0.3) is 0 Å². The zero-order valence-corrected chi connectivity index (χ0v) is 15.5. The maximum absolute atomic E-state index is 6.33. The van der Waals surface area contributed by atoms with Crippen molar-refractivity contribution in [2.45, 2.75) is 0 Å². The summed E-state index contributed by atoms with van der Waals surface area (Å²) in [4.78, 5) is 0. The summed E-state index contributed by atoms with van der Waals surface area (Å²) < 4.78 is 14.5. The molecule has 0 unspecified atom stereocenters. The third kappa shape index (κ3) is 2.23. The third-order valence-electron chi connectivity index (χ3n) is 5.10. The van der Waals surface area contributed by atoms with Crippen molar-refractivity contribution in [2.75, 3.05) is 0 Å². The Morgan fingerprint density at radius 1 is 0.571 bits per heavy atom. The number of halogens is 1. The van der Waals surface area contributed by atoms with Crippen LogP contribution in [0.15, 0.2) is 84.9 Å². The van der Waals surface area contributed by atoms with Crippen molar-refractivity contribution in [3.63, 3.8) is 0 Å². The van der Waals surface area contributed by atoms with Gasteiger partial charge in [-0.3, -0.25) is 0 Å². The molecule has 3 nitrogen and oxygen atoms in total. The van der Waals surface area contributed by atoms with Gasteiger partial charge in [0.05, 0.1) is 11.0 Å². The van der Waals surface area contributed by atoms with E-state index in [1.807, 2.05) is 60.7 Å². The highest BCUT2D eigenvalue weighted by Crippen LogP contribution is 2.48. The van der Waals surface area contributed by atoms with Crippen molar-refractivity contribution in [1.82, 2.24) is 4.57 Å². The third-order valence-corrected chi connectivity index (χ3v) is 5.33. The van der Waals surface area contributed by atoms with Crippen LogP contribution in [0.4, 0.5) is 0 Å². The first kappa shape index (κ1) is 15.6. The molecule has 0 fully saturated rings. The van der Waals surface area contributed by atoms with Crippen LogP contribution in [0.5, 0.6) is 23.0 Å². The number of rotatable bonds is 1. The predicted molar refractivity (Wildman–Crippen MR) is 112 cm³/mol. The Kier molecular flexibility index (Phi) is 3.22. The zero-order valence-electron chi connectivity index (χ0n) is 14.7. The van der Waals surface area contributed by atoms with Gasteiger partial charge in [0.15, 0.2) is 23.0 Å². The summed E-state index contributed by atoms with van der Waals surface area (Å²) in [6.45, 7) is 0. The van der Waals surface area contributed by atoms with Gasteiger partial charge in [-0.1, -0.05) is 48.0 Å². The number of aromatic nitrogens is 1. The van der Waals surface area contributed by atoms with Gasteiger partial charge in [0.2, 0.25) is 0 Å². The fraction of sp³-hybridized carbons (Fsp3) is 0. The average Bonchev–Trinajstić information content (AvgIpc) is 3.03. The minimum atomic E-state index is 0.706. The SMILES string of the molecule is Clc1ccc2c3cc4c(cc3n(-c3ccccc3)c2c1)Oc1ccccc1O4. The molecule has 28 heavy (non-hydrogen) atoms. The molecule has 0 spiro atoms. The average molecular weight is 384 g/mol. The van der Waals surface area contributed by atoms with E-state index in [-0.39, 0.29) is 0 Å². The Balaban J connectivity index is 1.69. The first-order valence-corrected chi connectivity index (χ1v) is 9.44. The van der Waals surface area contributed by atoms with Gasteiger partial charge in [-0.05, 0) is 42.5 Å². The normalized spacial score (nSPS) is 12.3. The van der Waals surface area contributed by atoms with Gasteiger partial charge in [-0.15, -0.1) is 0 Å². The van der Waals surface area contributed by atoms with E-state index in [4.69, 9.17) is 21.1 Å². The second-order valence-corrected chi connectivity index (χ2v) is 7.24. The Morgan fingerprint density at radius 3 is 1.96 bits per heavy atom. The number of hydrogen-bond donors (Lipinski definition) is 0. The first-order valence-electron chi connectivity index (χ1n) is 9.06. The first-order chi connectivity index (χ1) is 13.8. The molecule has 0 aliphatic carbocycles. The van der Waals surface area contributed by atoms with E-state index in [9.17, 15) is 0 Å². The molecule has 0 N–H and O–H groups in total. The molecule has 0 radical (unpaired) electrons. The molecule has 6 rings (SSSR count). The fourth-order valence-electron chi connectivity index (χ4n) is 3.87. The van der Waals surface area contributed by atoms with Crippen LogP contribution in [-0.2, 0) is 0 Å². The second-order valence-electron chi connectivity index (χ2n) is 6.80. The molecule has 0 saturated carbocycles. The predicted octanol–water partition coefficient (Wildman–Crippen LogP) is 7.34. The van der Waals surface area contributed by atoms with Crippen LogP contribution in [-0.4, -0.2) is 4.57 Å².